The van der Waals surface area contributed by atoms with Crippen molar-refractivity contribution in [2.24, 2.45) is 0 Å². The van der Waals surface area contributed by atoms with Gasteiger partial charge in [0.1, 0.15) is 5.76 Å². The Morgan fingerprint density at radius 3 is 2.83 bits per heavy atom. The van der Waals surface area contributed by atoms with Crippen LogP contribution in [0, 0.1) is 13.8 Å². The molecule has 0 bridgehead atoms. The summed E-state index contributed by atoms with van der Waals surface area (Å²) in [5.74, 6) is 2.63. The van der Waals surface area contributed by atoms with Crippen LogP contribution in [0.1, 0.15) is 17.0 Å². The van der Waals surface area contributed by atoms with E-state index >= 15 is 0 Å². The lowest BCUT2D eigenvalue weighted by Crippen LogP contribution is -2.42. The highest BCUT2D eigenvalue weighted by Crippen LogP contribution is 2.16. The molecule has 0 spiro atoms. The lowest BCUT2D eigenvalue weighted by Gasteiger charge is -2.20. The first-order valence-electron chi connectivity index (χ1n) is 5.57. The zero-order valence-corrected chi connectivity index (χ0v) is 12.4. The number of halogens is 1. The number of hydrogen-bond donors (Lipinski definition) is 1. The topological polar surface area (TPSA) is 58.4 Å². The summed E-state index contributed by atoms with van der Waals surface area (Å²) in [5.41, 5.74) is 1.86. The van der Waals surface area contributed by atoms with Crippen LogP contribution in [0.5, 0.6) is 0 Å². The van der Waals surface area contributed by atoms with Gasteiger partial charge in [-0.25, -0.2) is 0 Å². The minimum Gasteiger partial charge on any atom is -0.361 e. The summed E-state index contributed by atoms with van der Waals surface area (Å²) in [5, 5.41) is 7.07. The van der Waals surface area contributed by atoms with E-state index in [1.807, 2.05) is 20.9 Å². The molecule has 2 heterocycles. The number of thioether (sulfide) groups is 1. The van der Waals surface area contributed by atoms with E-state index in [0.717, 1.165) is 28.6 Å². The summed E-state index contributed by atoms with van der Waals surface area (Å²) in [6.45, 7) is 4.33. The Morgan fingerprint density at radius 2 is 2.33 bits per heavy atom. The van der Waals surface area contributed by atoms with Gasteiger partial charge in [0.15, 0.2) is 0 Å². The smallest absolute Gasteiger partial charge is 0.240 e. The third-order valence-corrected chi connectivity index (χ3v) is 3.91. The number of aryl methyl sites for hydroxylation is 2. The third-order valence-electron chi connectivity index (χ3n) is 2.97. The van der Waals surface area contributed by atoms with Gasteiger partial charge in [-0.2, -0.15) is 0 Å². The van der Waals surface area contributed by atoms with Gasteiger partial charge in [-0.05, 0) is 13.8 Å². The highest BCUT2D eigenvalue weighted by atomic mass is 35.5. The van der Waals surface area contributed by atoms with Gasteiger partial charge in [-0.3, -0.25) is 10.1 Å². The maximum Gasteiger partial charge on any atom is 0.240 e. The Kier molecular flexibility index (Phi) is 5.49. The quantitative estimate of drug-likeness (QED) is 0.911. The van der Waals surface area contributed by atoms with E-state index in [1.54, 1.807) is 16.7 Å². The molecule has 18 heavy (non-hydrogen) atoms. The van der Waals surface area contributed by atoms with Crippen molar-refractivity contribution in [3.8, 4) is 0 Å². The maximum absolute atomic E-state index is 12.1. The molecule has 1 aliphatic rings. The number of likely N-dealkylation sites (N-methyl/N-ethyl adjacent to an activating group) is 1. The minimum absolute atomic E-state index is 0. The van der Waals surface area contributed by atoms with Crippen LogP contribution in [0.15, 0.2) is 4.52 Å². The zero-order valence-electron chi connectivity index (χ0n) is 10.7. The number of rotatable bonds is 3. The Bertz CT molecular complexity index is 399. The molecule has 1 N–H and O–H groups in total. The predicted molar refractivity (Wildman–Crippen MR) is 73.9 cm³/mol. The molecular weight excluding hydrogens is 274 g/mol. The number of aromatic nitrogens is 1. The number of nitrogens with zero attached hydrogens (tertiary/aromatic N) is 2. The molecule has 7 heteroatoms. The Labute approximate surface area is 117 Å². The average molecular weight is 292 g/mol. The minimum atomic E-state index is -0.0505. The average Bonchev–Trinajstić information content (AvgIpc) is 2.93. The first-order valence-corrected chi connectivity index (χ1v) is 6.73. The standard InChI is InChI=1S/C11H17N3O2S.ClH/c1-7-9(8(2)16-13-7)4-14(3)11(15)10-5-17-6-12-10;/h10,12H,4-6H2,1-3H3;1H/t10-;/m1./s1. The first-order chi connectivity index (χ1) is 8.09. The molecule has 1 atom stereocenters. The van der Waals surface area contributed by atoms with Gasteiger partial charge in [-0.15, -0.1) is 24.2 Å². The van der Waals surface area contributed by atoms with E-state index in [2.05, 4.69) is 10.5 Å². The number of amides is 1. The summed E-state index contributed by atoms with van der Waals surface area (Å²) in [4.78, 5) is 13.8. The fraction of sp³-hybridized carbons (Fsp3) is 0.636. The van der Waals surface area contributed by atoms with Crippen molar-refractivity contribution in [3.63, 3.8) is 0 Å². The van der Waals surface area contributed by atoms with Crippen LogP contribution in [0.25, 0.3) is 0 Å². The summed E-state index contributed by atoms with van der Waals surface area (Å²) in [6, 6.07) is -0.0505. The fourth-order valence-electron chi connectivity index (χ4n) is 1.86. The van der Waals surface area contributed by atoms with Crippen LogP contribution in [0.2, 0.25) is 0 Å². The third kappa shape index (κ3) is 3.18. The first kappa shape index (κ1) is 15.3. The van der Waals surface area contributed by atoms with E-state index in [1.165, 1.54) is 0 Å². The molecule has 0 unspecified atom stereocenters. The lowest BCUT2D eigenvalue weighted by atomic mass is 10.2. The highest BCUT2D eigenvalue weighted by Gasteiger charge is 2.26. The SMILES string of the molecule is Cc1noc(C)c1CN(C)C(=O)[C@H]1CSCN1.Cl. The Morgan fingerprint density at radius 1 is 1.61 bits per heavy atom. The number of carbonyl (C=O) groups excluding carboxylic acids is 1. The van der Waals surface area contributed by atoms with Crippen LogP contribution < -0.4 is 5.32 Å². The molecule has 1 aliphatic heterocycles. The number of hydrogen-bond acceptors (Lipinski definition) is 5. The van der Waals surface area contributed by atoms with E-state index in [9.17, 15) is 4.79 Å². The van der Waals surface area contributed by atoms with E-state index in [4.69, 9.17) is 4.52 Å². The van der Waals surface area contributed by atoms with Gasteiger partial charge in [0.2, 0.25) is 5.91 Å². The zero-order chi connectivity index (χ0) is 12.4. The second-order valence-corrected chi connectivity index (χ2v) is 5.30. The van der Waals surface area contributed by atoms with Crippen LogP contribution in [0.3, 0.4) is 0 Å². The molecule has 1 fully saturated rings. The Balaban J connectivity index is 0.00000162. The molecule has 1 amide bonds. The van der Waals surface area contributed by atoms with Crippen molar-refractivity contribution in [1.82, 2.24) is 15.4 Å². The van der Waals surface area contributed by atoms with E-state index < -0.39 is 0 Å². The molecule has 1 aromatic rings. The van der Waals surface area contributed by atoms with Gasteiger partial charge in [0.05, 0.1) is 18.3 Å². The molecule has 1 aromatic heterocycles. The fourth-order valence-corrected chi connectivity index (χ4v) is 2.80. The predicted octanol–water partition coefficient (Wildman–Crippen LogP) is 1.33. The van der Waals surface area contributed by atoms with Crippen molar-refractivity contribution >= 4 is 30.1 Å². The van der Waals surface area contributed by atoms with Gasteiger partial charge in [0.25, 0.3) is 0 Å². The van der Waals surface area contributed by atoms with Crippen molar-refractivity contribution in [2.45, 2.75) is 26.4 Å². The van der Waals surface area contributed by atoms with Crippen LogP contribution in [0.4, 0.5) is 0 Å². The summed E-state index contributed by atoms with van der Waals surface area (Å²) >= 11 is 1.75. The van der Waals surface area contributed by atoms with Crippen molar-refractivity contribution in [1.29, 1.82) is 0 Å². The van der Waals surface area contributed by atoms with E-state index in [-0.39, 0.29) is 24.4 Å². The molecule has 0 aromatic carbocycles. The van der Waals surface area contributed by atoms with Crippen molar-refractivity contribution in [3.05, 3.63) is 17.0 Å². The van der Waals surface area contributed by atoms with Gasteiger partial charge in [0, 0.05) is 24.2 Å². The highest BCUT2D eigenvalue weighted by molar-refractivity contribution is 7.99. The van der Waals surface area contributed by atoms with Gasteiger partial charge < -0.3 is 9.42 Å². The monoisotopic (exact) mass is 291 g/mol. The maximum atomic E-state index is 12.1. The van der Waals surface area contributed by atoms with Crippen LogP contribution in [-0.4, -0.2) is 40.7 Å². The molecular formula is C11H18ClN3O2S. The number of carbonyl (C=O) groups is 1. The molecule has 0 saturated carbocycles. The second kappa shape index (κ2) is 6.45. The summed E-state index contributed by atoms with van der Waals surface area (Å²) in [6.07, 6.45) is 0. The molecule has 2 rings (SSSR count). The summed E-state index contributed by atoms with van der Waals surface area (Å²) in [7, 11) is 1.82. The van der Waals surface area contributed by atoms with Crippen molar-refractivity contribution < 1.29 is 9.32 Å². The molecule has 5 nitrogen and oxygen atoms in total. The molecule has 102 valence electrons. The largest absolute Gasteiger partial charge is 0.361 e. The lowest BCUT2D eigenvalue weighted by molar-refractivity contribution is -0.131. The summed E-state index contributed by atoms with van der Waals surface area (Å²) < 4.78 is 5.09. The van der Waals surface area contributed by atoms with Crippen molar-refractivity contribution in [2.75, 3.05) is 18.7 Å². The van der Waals surface area contributed by atoms with Gasteiger partial charge >= 0.3 is 0 Å². The second-order valence-electron chi connectivity index (χ2n) is 4.27. The molecule has 1 saturated heterocycles. The van der Waals surface area contributed by atoms with E-state index in [0.29, 0.717) is 6.54 Å². The van der Waals surface area contributed by atoms with Crippen LogP contribution in [-0.2, 0) is 11.3 Å². The van der Waals surface area contributed by atoms with Crippen LogP contribution >= 0.6 is 24.2 Å². The molecule has 0 radical (unpaired) electrons. The van der Waals surface area contributed by atoms with Gasteiger partial charge in [-0.1, -0.05) is 5.16 Å². The number of nitrogens with one attached hydrogen (secondary N) is 1. The molecule has 0 aliphatic carbocycles. The normalized spacial score (nSPS) is 18.5. The Hall–Kier alpha value is -0.720.